The smallest absolute Gasteiger partial charge is 0.243 e. The summed E-state index contributed by atoms with van der Waals surface area (Å²) in [6.07, 6.45) is 3.10. The summed E-state index contributed by atoms with van der Waals surface area (Å²) in [5.41, 5.74) is 1.77. The Labute approximate surface area is 193 Å². The van der Waals surface area contributed by atoms with E-state index in [1.165, 1.54) is 45.5 Å². The van der Waals surface area contributed by atoms with Gasteiger partial charge in [-0.3, -0.25) is 18.8 Å². The maximum absolute atomic E-state index is 12.5. The van der Waals surface area contributed by atoms with E-state index in [2.05, 4.69) is 15.6 Å². The molecule has 0 aliphatic heterocycles. The number of Topliss-reactive ketones (excluding diaryl/α,β-unsaturated/α-hetero) is 1. The number of rotatable bonds is 9. The number of benzene rings is 2. The molecule has 3 rings (SSSR count). The van der Waals surface area contributed by atoms with Crippen LogP contribution in [-0.4, -0.2) is 46.2 Å². The number of nitrogens with one attached hydrogen (secondary N) is 2. The van der Waals surface area contributed by atoms with E-state index in [4.69, 9.17) is 9.47 Å². The van der Waals surface area contributed by atoms with E-state index in [1.54, 1.807) is 30.5 Å². The van der Waals surface area contributed by atoms with Gasteiger partial charge in [-0.15, -0.1) is 0 Å². The molecule has 0 bridgehead atoms. The van der Waals surface area contributed by atoms with Gasteiger partial charge in [0.05, 0.1) is 43.9 Å². The zero-order valence-electron chi connectivity index (χ0n) is 18.2. The van der Waals surface area contributed by atoms with Crippen molar-refractivity contribution in [2.24, 2.45) is 0 Å². The summed E-state index contributed by atoms with van der Waals surface area (Å²) in [5, 5.41) is 5.73. The maximum atomic E-state index is 12.5. The molecule has 0 saturated heterocycles. The van der Waals surface area contributed by atoms with Gasteiger partial charge in [0.1, 0.15) is 11.5 Å². The number of aromatic nitrogens is 1. The highest BCUT2D eigenvalue weighted by atomic mass is 32.2. The molecule has 0 spiro atoms. The standard InChI is InChI=1S/C23H23N3O6S/c1-14(27)15-6-9-20(33(29)30)17(11-15)22-18(31-2)7-8-19(32-3)23(22)25-13-21(28)26-16-5-4-10-24-12-16/h4-12,25H,13H2,1-3H3,(H,26,28)(H,29,30)/p-1. The second-order valence-corrected chi connectivity index (χ2v) is 7.77. The highest BCUT2D eigenvalue weighted by Crippen LogP contribution is 2.44. The molecule has 3 aromatic rings. The Morgan fingerprint density at radius 1 is 1.09 bits per heavy atom. The molecule has 9 nitrogen and oxygen atoms in total. The number of ether oxygens (including phenoxy) is 2. The maximum Gasteiger partial charge on any atom is 0.243 e. The second kappa shape index (κ2) is 10.7. The molecule has 0 saturated carbocycles. The van der Waals surface area contributed by atoms with Gasteiger partial charge in [0, 0.05) is 22.2 Å². The van der Waals surface area contributed by atoms with Gasteiger partial charge >= 0.3 is 0 Å². The van der Waals surface area contributed by atoms with E-state index in [9.17, 15) is 18.4 Å². The lowest BCUT2D eigenvalue weighted by molar-refractivity contribution is -0.114. The predicted molar refractivity (Wildman–Crippen MR) is 124 cm³/mol. The number of carbonyl (C=O) groups excluding carboxylic acids is 2. The van der Waals surface area contributed by atoms with Crippen LogP contribution >= 0.6 is 0 Å². The molecular weight excluding hydrogens is 446 g/mol. The number of amides is 1. The zero-order valence-corrected chi connectivity index (χ0v) is 19.0. The lowest BCUT2D eigenvalue weighted by atomic mass is 9.98. The first kappa shape index (κ1) is 23.9. The van der Waals surface area contributed by atoms with Gasteiger partial charge in [0.2, 0.25) is 5.91 Å². The largest absolute Gasteiger partial charge is 0.768 e. The summed E-state index contributed by atoms with van der Waals surface area (Å²) in [5.74, 6) is 0.102. The minimum atomic E-state index is -2.60. The number of anilines is 2. The van der Waals surface area contributed by atoms with Crippen molar-refractivity contribution in [2.75, 3.05) is 31.4 Å². The van der Waals surface area contributed by atoms with Crippen LogP contribution in [0.3, 0.4) is 0 Å². The molecule has 1 atom stereocenters. The third-order valence-electron chi connectivity index (χ3n) is 4.77. The van der Waals surface area contributed by atoms with Crippen molar-refractivity contribution in [1.29, 1.82) is 0 Å². The van der Waals surface area contributed by atoms with Crippen LogP contribution in [0.1, 0.15) is 17.3 Å². The molecule has 0 radical (unpaired) electrons. The Morgan fingerprint density at radius 2 is 1.82 bits per heavy atom. The quantitative estimate of drug-likeness (QED) is 0.362. The molecule has 1 heterocycles. The van der Waals surface area contributed by atoms with Crippen LogP contribution < -0.4 is 20.1 Å². The Balaban J connectivity index is 2.08. The molecular formula is C23H22N3O6S-. The first-order valence-electron chi connectivity index (χ1n) is 9.79. The number of pyridine rings is 1. The fourth-order valence-electron chi connectivity index (χ4n) is 3.25. The fourth-order valence-corrected chi connectivity index (χ4v) is 3.77. The van der Waals surface area contributed by atoms with Crippen LogP contribution in [0.2, 0.25) is 0 Å². The van der Waals surface area contributed by atoms with Crippen LogP contribution in [0.25, 0.3) is 11.1 Å². The number of carbonyl (C=O) groups is 2. The summed E-state index contributed by atoms with van der Waals surface area (Å²) < 4.78 is 34.9. The molecule has 1 aromatic heterocycles. The first-order chi connectivity index (χ1) is 15.8. The van der Waals surface area contributed by atoms with Crippen LogP contribution in [0, 0.1) is 0 Å². The molecule has 1 unspecified atom stereocenters. The predicted octanol–water partition coefficient (Wildman–Crippen LogP) is 3.26. The summed E-state index contributed by atoms with van der Waals surface area (Å²) in [6.45, 7) is 1.23. The Hall–Kier alpha value is -3.76. The van der Waals surface area contributed by atoms with Gasteiger partial charge in [-0.2, -0.15) is 0 Å². The Morgan fingerprint density at radius 3 is 2.42 bits per heavy atom. The van der Waals surface area contributed by atoms with E-state index in [-0.39, 0.29) is 28.7 Å². The molecule has 172 valence electrons. The van der Waals surface area contributed by atoms with Crippen molar-refractivity contribution >= 4 is 34.1 Å². The summed E-state index contributed by atoms with van der Waals surface area (Å²) >= 11 is -2.60. The Bertz CT molecular complexity index is 1200. The number of nitrogens with zero attached hydrogens (tertiary/aromatic N) is 1. The highest BCUT2D eigenvalue weighted by molar-refractivity contribution is 7.79. The van der Waals surface area contributed by atoms with Crippen molar-refractivity contribution in [3.8, 4) is 22.6 Å². The lowest BCUT2D eigenvalue weighted by Crippen LogP contribution is -2.22. The minimum Gasteiger partial charge on any atom is -0.768 e. The van der Waals surface area contributed by atoms with E-state index in [1.807, 2.05) is 0 Å². The van der Waals surface area contributed by atoms with E-state index in [0.717, 1.165) is 0 Å². The van der Waals surface area contributed by atoms with Crippen LogP contribution in [0.15, 0.2) is 59.8 Å². The minimum absolute atomic E-state index is 0.0329. The first-order valence-corrected chi connectivity index (χ1v) is 10.9. The highest BCUT2D eigenvalue weighted by Gasteiger charge is 2.21. The topological polar surface area (TPSA) is 130 Å². The van der Waals surface area contributed by atoms with Crippen LogP contribution in [-0.2, 0) is 15.9 Å². The van der Waals surface area contributed by atoms with Gasteiger partial charge in [-0.1, -0.05) is 6.07 Å². The van der Waals surface area contributed by atoms with Crippen LogP contribution in [0.4, 0.5) is 11.4 Å². The summed E-state index contributed by atoms with van der Waals surface area (Å²) in [4.78, 5) is 28.4. The monoisotopic (exact) mass is 468 g/mol. The van der Waals surface area contributed by atoms with Crippen molar-refractivity contribution in [1.82, 2.24) is 4.98 Å². The molecule has 1 amide bonds. The average molecular weight is 469 g/mol. The zero-order chi connectivity index (χ0) is 24.0. The molecule has 2 aromatic carbocycles. The summed E-state index contributed by atoms with van der Waals surface area (Å²) in [7, 11) is 2.89. The SMILES string of the molecule is COc1ccc(OC)c(-c2cc(C(C)=O)ccc2S(=O)[O-])c1NCC(=O)Nc1cccnc1. The van der Waals surface area contributed by atoms with Crippen molar-refractivity contribution < 1.29 is 27.8 Å². The number of ketones is 1. The van der Waals surface area contributed by atoms with Crippen LogP contribution in [0.5, 0.6) is 11.5 Å². The Kier molecular flexibility index (Phi) is 7.75. The molecule has 2 N–H and O–H groups in total. The third kappa shape index (κ3) is 5.54. The molecule has 10 heteroatoms. The van der Waals surface area contributed by atoms with Gasteiger partial charge in [-0.05, 0) is 54.4 Å². The number of hydrogen-bond donors (Lipinski definition) is 2. The van der Waals surface area contributed by atoms with Crippen molar-refractivity contribution in [3.63, 3.8) is 0 Å². The van der Waals surface area contributed by atoms with Gasteiger partial charge in [0.15, 0.2) is 5.78 Å². The van der Waals surface area contributed by atoms with Gasteiger partial charge < -0.3 is 24.7 Å². The lowest BCUT2D eigenvalue weighted by Gasteiger charge is -2.21. The molecule has 33 heavy (non-hydrogen) atoms. The van der Waals surface area contributed by atoms with E-state index < -0.39 is 11.1 Å². The van der Waals surface area contributed by atoms with Crippen molar-refractivity contribution in [3.05, 3.63) is 60.4 Å². The third-order valence-corrected chi connectivity index (χ3v) is 5.49. The van der Waals surface area contributed by atoms with Gasteiger partial charge in [0.25, 0.3) is 0 Å². The number of hydrogen-bond acceptors (Lipinski definition) is 8. The second-order valence-electron chi connectivity index (χ2n) is 6.87. The molecule has 0 aliphatic rings. The summed E-state index contributed by atoms with van der Waals surface area (Å²) in [6, 6.07) is 10.9. The normalized spacial score (nSPS) is 11.4. The molecule has 0 fully saturated rings. The van der Waals surface area contributed by atoms with Crippen molar-refractivity contribution in [2.45, 2.75) is 11.8 Å². The van der Waals surface area contributed by atoms with E-state index in [0.29, 0.717) is 34.0 Å². The van der Waals surface area contributed by atoms with E-state index >= 15 is 0 Å². The fraction of sp³-hybridized carbons (Fsp3) is 0.174. The van der Waals surface area contributed by atoms with Gasteiger partial charge in [-0.25, -0.2) is 0 Å². The average Bonchev–Trinajstić information content (AvgIpc) is 2.82. The molecule has 0 aliphatic carbocycles. The number of methoxy groups -OCH3 is 2.